The van der Waals surface area contributed by atoms with Gasteiger partial charge < -0.3 is 19.1 Å². The third-order valence-corrected chi connectivity index (χ3v) is 6.99. The van der Waals surface area contributed by atoms with Gasteiger partial charge in [0.2, 0.25) is 17.4 Å². The van der Waals surface area contributed by atoms with Crippen molar-refractivity contribution in [1.82, 2.24) is 20.7 Å². The molecule has 1 spiro atoms. The maximum absolute atomic E-state index is 16.0. The number of hydrogen-bond donors (Lipinski definition) is 2. The van der Waals surface area contributed by atoms with Crippen molar-refractivity contribution in [3.05, 3.63) is 23.1 Å². The van der Waals surface area contributed by atoms with Gasteiger partial charge in [-0.25, -0.2) is 9.18 Å². The van der Waals surface area contributed by atoms with E-state index in [1.165, 1.54) is 4.90 Å². The van der Waals surface area contributed by atoms with Crippen LogP contribution in [0.4, 0.5) is 14.9 Å². The van der Waals surface area contributed by atoms with Crippen LogP contribution in [0.15, 0.2) is 10.6 Å². The van der Waals surface area contributed by atoms with Crippen molar-refractivity contribution >= 4 is 40.4 Å². The van der Waals surface area contributed by atoms with Crippen LogP contribution < -0.4 is 15.5 Å². The van der Waals surface area contributed by atoms with Crippen LogP contribution in [0.3, 0.4) is 0 Å². The number of nitrogens with one attached hydrogen (secondary N) is 2. The summed E-state index contributed by atoms with van der Waals surface area (Å²) in [6, 6.07) is -0.251. The molecule has 34 heavy (non-hydrogen) atoms. The first-order valence-corrected chi connectivity index (χ1v) is 11.0. The van der Waals surface area contributed by atoms with E-state index in [1.807, 2.05) is 0 Å². The highest BCUT2D eigenvalue weighted by Crippen LogP contribution is 2.49. The van der Waals surface area contributed by atoms with E-state index in [0.29, 0.717) is 12.1 Å². The molecule has 4 heterocycles. The van der Waals surface area contributed by atoms with E-state index in [2.05, 4.69) is 15.8 Å². The van der Waals surface area contributed by atoms with Crippen molar-refractivity contribution in [2.45, 2.75) is 45.4 Å². The van der Waals surface area contributed by atoms with Crippen LogP contribution in [-0.4, -0.2) is 72.2 Å². The number of benzene rings is 1. The lowest BCUT2D eigenvalue weighted by Crippen LogP contribution is -2.75. The van der Waals surface area contributed by atoms with Gasteiger partial charge in [0.25, 0.3) is 5.91 Å². The van der Waals surface area contributed by atoms with Gasteiger partial charge >= 0.3 is 6.03 Å². The van der Waals surface area contributed by atoms with Crippen molar-refractivity contribution in [2.75, 3.05) is 25.0 Å². The highest BCUT2D eigenvalue weighted by Gasteiger charge is 2.63. The van der Waals surface area contributed by atoms with Crippen LogP contribution in [0.25, 0.3) is 11.0 Å². The molecule has 2 aromatic rings. The van der Waals surface area contributed by atoms with Crippen molar-refractivity contribution in [1.29, 1.82) is 0 Å². The number of hydrogen-bond acceptors (Lipinski definition) is 8. The van der Waals surface area contributed by atoms with Gasteiger partial charge in [0.1, 0.15) is 0 Å². The molecule has 3 aliphatic heterocycles. The van der Waals surface area contributed by atoms with E-state index in [-0.39, 0.29) is 41.4 Å². The molecule has 2 fully saturated rings. The number of morpholine rings is 1. The van der Waals surface area contributed by atoms with Gasteiger partial charge in [0.15, 0.2) is 16.9 Å². The second-order valence-electron chi connectivity index (χ2n) is 9.06. The minimum Gasteiger partial charge on any atom is -0.372 e. The summed E-state index contributed by atoms with van der Waals surface area (Å²) >= 11 is 0. The number of carbonyl (C=O) groups is 4. The van der Waals surface area contributed by atoms with E-state index in [1.54, 1.807) is 38.8 Å². The molecule has 2 N–H and O–H groups in total. The number of imide groups is 2. The summed E-state index contributed by atoms with van der Waals surface area (Å²) in [5.41, 5.74) is -1.49. The van der Waals surface area contributed by atoms with Crippen molar-refractivity contribution in [3.63, 3.8) is 0 Å². The number of nitrogens with zero attached hydrogens (tertiary/aromatic N) is 3. The molecule has 2 saturated heterocycles. The second-order valence-corrected chi connectivity index (χ2v) is 9.06. The fourth-order valence-electron chi connectivity index (χ4n) is 5.43. The summed E-state index contributed by atoms with van der Waals surface area (Å²) < 4.78 is 27.1. The lowest BCUT2D eigenvalue weighted by Gasteiger charge is -2.55. The van der Waals surface area contributed by atoms with Crippen molar-refractivity contribution in [3.8, 4) is 0 Å². The number of amides is 5. The van der Waals surface area contributed by atoms with Gasteiger partial charge in [0, 0.05) is 26.6 Å². The average molecular weight is 473 g/mol. The van der Waals surface area contributed by atoms with Gasteiger partial charge in [-0.2, -0.15) is 0 Å². The molecule has 1 aromatic carbocycles. The fourth-order valence-corrected chi connectivity index (χ4v) is 5.43. The topological polar surface area (TPSA) is 134 Å². The van der Waals surface area contributed by atoms with Crippen molar-refractivity contribution in [2.24, 2.45) is 5.41 Å². The number of fused-ring (bicyclic) bond motifs is 5. The second kappa shape index (κ2) is 7.49. The minimum absolute atomic E-state index is 0.0614. The Morgan fingerprint density at radius 2 is 1.97 bits per heavy atom. The molecule has 3 aliphatic rings. The van der Waals surface area contributed by atoms with E-state index in [9.17, 15) is 19.2 Å². The molecule has 0 bridgehead atoms. The Labute approximate surface area is 193 Å². The fraction of sp³-hybridized carbons (Fsp3) is 0.500. The minimum atomic E-state index is -1.75. The molecule has 180 valence electrons. The summed E-state index contributed by atoms with van der Waals surface area (Å²) in [4.78, 5) is 54.1. The van der Waals surface area contributed by atoms with Crippen LogP contribution in [0.5, 0.6) is 0 Å². The first kappa shape index (κ1) is 22.3. The molecule has 0 saturated carbocycles. The monoisotopic (exact) mass is 473 g/mol. The molecular weight excluding hydrogens is 449 g/mol. The Kier molecular flexibility index (Phi) is 4.90. The third kappa shape index (κ3) is 2.87. The smallest absolute Gasteiger partial charge is 0.328 e. The highest BCUT2D eigenvalue weighted by molar-refractivity contribution is 6.20. The lowest BCUT2D eigenvalue weighted by atomic mass is 9.66. The van der Waals surface area contributed by atoms with Gasteiger partial charge in [-0.1, -0.05) is 5.16 Å². The zero-order valence-electron chi connectivity index (χ0n) is 19.1. The quantitative estimate of drug-likeness (QED) is 0.616. The summed E-state index contributed by atoms with van der Waals surface area (Å²) in [5.74, 6) is -2.73. The normalized spacial score (nSPS) is 25.6. The van der Waals surface area contributed by atoms with Gasteiger partial charge in [0.05, 0.1) is 29.3 Å². The van der Waals surface area contributed by atoms with Crippen LogP contribution in [0.1, 0.15) is 36.8 Å². The predicted molar refractivity (Wildman–Crippen MR) is 116 cm³/mol. The van der Waals surface area contributed by atoms with E-state index >= 15 is 4.39 Å². The number of aromatic nitrogens is 1. The van der Waals surface area contributed by atoms with Gasteiger partial charge in [-0.05, 0) is 32.4 Å². The molecule has 11 nitrogen and oxygen atoms in total. The van der Waals surface area contributed by atoms with E-state index in [4.69, 9.17) is 9.26 Å². The Hall–Kier alpha value is -3.54. The van der Waals surface area contributed by atoms with E-state index in [0.717, 1.165) is 0 Å². The first-order chi connectivity index (χ1) is 16.1. The first-order valence-electron chi connectivity index (χ1n) is 11.0. The Bertz CT molecular complexity index is 1240. The Morgan fingerprint density at radius 1 is 1.29 bits per heavy atom. The molecule has 1 aromatic heterocycles. The summed E-state index contributed by atoms with van der Waals surface area (Å²) in [5, 5.41) is 8.35. The average Bonchev–Trinajstić information content (AvgIpc) is 3.19. The Balaban J connectivity index is 1.75. The number of urea groups is 1. The maximum Gasteiger partial charge on any atom is 0.328 e. The molecule has 12 heteroatoms. The zero-order valence-corrected chi connectivity index (χ0v) is 19.1. The van der Waals surface area contributed by atoms with Gasteiger partial charge in [-0.15, -0.1) is 0 Å². The van der Waals surface area contributed by atoms with Crippen molar-refractivity contribution < 1.29 is 32.8 Å². The third-order valence-electron chi connectivity index (χ3n) is 6.99. The maximum atomic E-state index is 16.0. The molecule has 0 aliphatic carbocycles. The molecule has 0 radical (unpaired) electrons. The van der Waals surface area contributed by atoms with E-state index < -0.39 is 47.1 Å². The van der Waals surface area contributed by atoms with Gasteiger partial charge in [-0.3, -0.25) is 25.0 Å². The largest absolute Gasteiger partial charge is 0.372 e. The lowest BCUT2D eigenvalue weighted by molar-refractivity contribution is -0.153. The van der Waals surface area contributed by atoms with Crippen LogP contribution >= 0.6 is 0 Å². The summed E-state index contributed by atoms with van der Waals surface area (Å²) in [6.07, 6.45) is -1.17. The Morgan fingerprint density at radius 3 is 2.62 bits per heavy atom. The number of halogens is 1. The highest BCUT2D eigenvalue weighted by atomic mass is 19.1. The SMILES string of the molecule is CCN(C)C(=O)c1noc2c(F)c3c(cc12)CC1(C(=O)NC(=O)NC1=O)C1[C@H](C)O[C@H](C)CN31. The summed E-state index contributed by atoms with van der Waals surface area (Å²) in [6.45, 7) is 5.90. The zero-order chi connectivity index (χ0) is 24.5. The van der Waals surface area contributed by atoms with Crippen LogP contribution in [0.2, 0.25) is 0 Å². The summed E-state index contributed by atoms with van der Waals surface area (Å²) in [7, 11) is 1.58. The number of carbonyl (C=O) groups excluding carboxylic acids is 4. The van der Waals surface area contributed by atoms with Crippen LogP contribution in [0, 0.1) is 11.2 Å². The standard InChI is InChI=1S/C22H24FN5O6/c1-5-27(4)18(29)14-12-6-11-7-22(19(30)24-21(32)25-20(22)31)17-10(3)33-9(2)8-28(17)15(11)13(23)16(12)34-26-14/h6,9-10,17H,5,7-8H2,1-4H3,(H2,24,25,30,31,32)/t9-,10+,17?/m1/s1. The molecule has 1 unspecified atom stereocenters. The molecule has 5 rings (SSSR count). The number of barbiturate groups is 1. The number of ether oxygens (including phenoxy) is 1. The predicted octanol–water partition coefficient (Wildman–Crippen LogP) is 0.950. The van der Waals surface area contributed by atoms with Crippen LogP contribution in [-0.2, 0) is 20.7 Å². The molecule has 3 atom stereocenters. The molecular formula is C22H24FN5O6. The number of anilines is 1. The molecule has 5 amide bonds. The number of rotatable bonds is 2.